The van der Waals surface area contributed by atoms with Gasteiger partial charge in [0.1, 0.15) is 5.75 Å². The molecule has 1 amide bonds. The molecule has 5 rings (SSSR count). The van der Waals surface area contributed by atoms with Crippen molar-refractivity contribution in [2.24, 2.45) is 10.1 Å². The third-order valence-electron chi connectivity index (χ3n) is 7.59. The molecule has 8 nitrogen and oxygen atoms in total. The molecule has 1 aliphatic carbocycles. The number of methoxy groups -OCH3 is 3. The Labute approximate surface area is 235 Å². The van der Waals surface area contributed by atoms with E-state index in [1.807, 2.05) is 31.2 Å². The predicted molar refractivity (Wildman–Crippen MR) is 156 cm³/mol. The second kappa shape index (κ2) is 12.2. The summed E-state index contributed by atoms with van der Waals surface area (Å²) in [6.45, 7) is 1.64. The third-order valence-corrected chi connectivity index (χ3v) is 7.59. The number of carbonyl (C=O) groups excluding carboxylic acids is 1. The summed E-state index contributed by atoms with van der Waals surface area (Å²) in [5.41, 5.74) is 6.54. The van der Waals surface area contributed by atoms with Crippen LogP contribution in [-0.2, 0) is 9.63 Å². The lowest BCUT2D eigenvalue weighted by molar-refractivity contribution is -0.120. The first-order valence-electron chi connectivity index (χ1n) is 13.6. The zero-order valence-electron chi connectivity index (χ0n) is 23.4. The molecule has 3 aromatic carbocycles. The molecule has 0 spiro atoms. The van der Waals surface area contributed by atoms with Crippen LogP contribution in [0.15, 0.2) is 70.8 Å². The highest BCUT2D eigenvalue weighted by molar-refractivity contribution is 6.15. The molecule has 2 aliphatic rings. The van der Waals surface area contributed by atoms with Gasteiger partial charge in [-0.1, -0.05) is 54.4 Å². The second-order valence-electron chi connectivity index (χ2n) is 10.0. The molecule has 1 heterocycles. The lowest BCUT2D eigenvalue weighted by atomic mass is 9.75. The van der Waals surface area contributed by atoms with Crippen molar-refractivity contribution in [2.75, 3.05) is 33.3 Å². The largest absolute Gasteiger partial charge is 0.495 e. The summed E-state index contributed by atoms with van der Waals surface area (Å²) in [6, 6.07) is 19.8. The maximum Gasteiger partial charge on any atom is 0.265 e. The fraction of sp³-hybridized carbons (Fsp3) is 0.344. The molecule has 0 radical (unpaired) electrons. The summed E-state index contributed by atoms with van der Waals surface area (Å²) in [7, 11) is 4.90. The van der Waals surface area contributed by atoms with Crippen LogP contribution in [0.5, 0.6) is 17.2 Å². The number of hydrogen-bond acceptors (Lipinski definition) is 7. The maximum atomic E-state index is 12.3. The highest BCUT2D eigenvalue weighted by atomic mass is 16.6. The first-order valence-corrected chi connectivity index (χ1v) is 13.6. The van der Waals surface area contributed by atoms with Gasteiger partial charge >= 0.3 is 0 Å². The van der Waals surface area contributed by atoms with Gasteiger partial charge in [-0.25, -0.2) is 0 Å². The molecule has 3 aromatic rings. The number of amides is 1. The lowest BCUT2D eigenvalue weighted by Crippen LogP contribution is -2.29. The SMILES string of the molecule is COc1ccccc1NC(=O)CO/N=C(/C)c1ccc(C2=N[C@@H]3CCCC[C@@H]3c3cc(OC)c(OC)cc32)cc1. The summed E-state index contributed by atoms with van der Waals surface area (Å²) in [6.07, 6.45) is 4.65. The molecule has 1 N–H and O–H groups in total. The van der Waals surface area contributed by atoms with Gasteiger partial charge in [0.2, 0.25) is 0 Å². The van der Waals surface area contributed by atoms with Crippen LogP contribution in [0.25, 0.3) is 0 Å². The quantitative estimate of drug-likeness (QED) is 0.266. The number of fused-ring (bicyclic) bond motifs is 3. The van der Waals surface area contributed by atoms with E-state index in [4.69, 9.17) is 24.0 Å². The molecular formula is C32H35N3O5. The monoisotopic (exact) mass is 541 g/mol. The van der Waals surface area contributed by atoms with Gasteiger partial charge in [0, 0.05) is 17.0 Å². The molecular weight excluding hydrogens is 506 g/mol. The third kappa shape index (κ3) is 5.66. The van der Waals surface area contributed by atoms with E-state index in [1.54, 1.807) is 33.5 Å². The van der Waals surface area contributed by atoms with E-state index >= 15 is 0 Å². The van der Waals surface area contributed by atoms with Crippen molar-refractivity contribution in [2.45, 2.75) is 44.6 Å². The van der Waals surface area contributed by atoms with E-state index in [1.165, 1.54) is 18.4 Å². The van der Waals surface area contributed by atoms with E-state index in [-0.39, 0.29) is 18.6 Å². The zero-order valence-corrected chi connectivity index (χ0v) is 23.4. The van der Waals surface area contributed by atoms with Crippen LogP contribution in [0.3, 0.4) is 0 Å². The number of rotatable bonds is 9. The summed E-state index contributed by atoms with van der Waals surface area (Å²) >= 11 is 0. The van der Waals surface area contributed by atoms with E-state index in [0.717, 1.165) is 41.0 Å². The number of nitrogens with zero attached hydrogens (tertiary/aromatic N) is 2. The summed E-state index contributed by atoms with van der Waals surface area (Å²) in [4.78, 5) is 22.9. The highest BCUT2D eigenvalue weighted by Crippen LogP contribution is 2.44. The molecule has 0 unspecified atom stereocenters. The number of nitrogens with one attached hydrogen (secondary N) is 1. The second-order valence-corrected chi connectivity index (χ2v) is 10.0. The Morgan fingerprint density at radius 3 is 2.38 bits per heavy atom. The Morgan fingerprint density at radius 1 is 0.925 bits per heavy atom. The average Bonchev–Trinajstić information content (AvgIpc) is 3.00. The molecule has 1 aliphatic heterocycles. The molecule has 1 saturated carbocycles. The first-order chi connectivity index (χ1) is 19.5. The maximum absolute atomic E-state index is 12.3. The number of para-hydroxylation sites is 2. The van der Waals surface area contributed by atoms with Crippen molar-refractivity contribution >= 4 is 23.0 Å². The van der Waals surface area contributed by atoms with Crippen LogP contribution >= 0.6 is 0 Å². The van der Waals surface area contributed by atoms with Crippen LogP contribution in [0.1, 0.15) is 60.8 Å². The number of hydrogen-bond donors (Lipinski definition) is 1. The van der Waals surface area contributed by atoms with Crippen molar-refractivity contribution in [1.82, 2.24) is 0 Å². The fourth-order valence-corrected chi connectivity index (χ4v) is 5.54. The smallest absolute Gasteiger partial charge is 0.265 e. The van der Waals surface area contributed by atoms with Crippen LogP contribution in [-0.4, -0.2) is 51.3 Å². The van der Waals surface area contributed by atoms with Gasteiger partial charge < -0.3 is 24.4 Å². The molecule has 2 atom stereocenters. The van der Waals surface area contributed by atoms with Crippen molar-refractivity contribution in [3.8, 4) is 17.2 Å². The van der Waals surface area contributed by atoms with Crippen molar-refractivity contribution in [1.29, 1.82) is 0 Å². The van der Waals surface area contributed by atoms with Gasteiger partial charge in [-0.2, -0.15) is 0 Å². The molecule has 0 aromatic heterocycles. The molecule has 40 heavy (non-hydrogen) atoms. The number of anilines is 1. The minimum absolute atomic E-state index is 0.213. The number of oxime groups is 1. The van der Waals surface area contributed by atoms with Crippen LogP contribution in [0, 0.1) is 0 Å². The Balaban J connectivity index is 1.31. The summed E-state index contributed by atoms with van der Waals surface area (Å²) in [5.74, 6) is 2.12. The number of carbonyl (C=O) groups is 1. The Kier molecular flexibility index (Phi) is 8.34. The lowest BCUT2D eigenvalue weighted by Gasteiger charge is -2.35. The Bertz CT molecular complexity index is 1430. The Morgan fingerprint density at radius 2 is 1.62 bits per heavy atom. The molecule has 208 valence electrons. The normalized spacial score (nSPS) is 18.1. The average molecular weight is 542 g/mol. The predicted octanol–water partition coefficient (Wildman–Crippen LogP) is 5.97. The topological polar surface area (TPSA) is 90.7 Å². The van der Waals surface area contributed by atoms with E-state index in [9.17, 15) is 4.79 Å². The molecule has 8 heteroatoms. The number of benzene rings is 3. The summed E-state index contributed by atoms with van der Waals surface area (Å²) < 4.78 is 16.5. The van der Waals surface area contributed by atoms with E-state index in [2.05, 4.69) is 34.7 Å². The van der Waals surface area contributed by atoms with E-state index in [0.29, 0.717) is 28.8 Å². The summed E-state index contributed by atoms with van der Waals surface area (Å²) in [5, 5.41) is 6.93. The highest BCUT2D eigenvalue weighted by Gasteiger charge is 2.34. The van der Waals surface area contributed by atoms with Crippen molar-refractivity contribution in [3.63, 3.8) is 0 Å². The van der Waals surface area contributed by atoms with Gasteiger partial charge in [0.05, 0.1) is 44.5 Å². The standard InChI is InChI=1S/C32H35N3O5/c1-20(35-40-19-31(36)33-27-11-7-8-12-28(27)37-2)21-13-15-22(16-14-21)32-25-18-30(39-4)29(38-3)17-24(25)23-9-5-6-10-26(23)34-32/h7-8,11-18,23,26H,5-6,9-10,19H2,1-4H3,(H,33,36)/b35-20-/t23-,26-/m1/s1. The van der Waals surface area contributed by atoms with Crippen LogP contribution in [0.2, 0.25) is 0 Å². The van der Waals surface area contributed by atoms with Crippen LogP contribution < -0.4 is 19.5 Å². The molecule has 1 fully saturated rings. The number of ether oxygens (including phenoxy) is 3. The van der Waals surface area contributed by atoms with Crippen molar-refractivity contribution in [3.05, 3.63) is 82.9 Å². The minimum Gasteiger partial charge on any atom is -0.495 e. The minimum atomic E-state index is -0.321. The fourth-order valence-electron chi connectivity index (χ4n) is 5.54. The number of aliphatic imine (C=N–C) groups is 1. The van der Waals surface area contributed by atoms with Gasteiger partial charge in [-0.15, -0.1) is 0 Å². The molecule has 0 saturated heterocycles. The van der Waals surface area contributed by atoms with Crippen molar-refractivity contribution < 1.29 is 23.8 Å². The van der Waals surface area contributed by atoms with Crippen LogP contribution in [0.4, 0.5) is 5.69 Å². The first kappa shape index (κ1) is 27.2. The van der Waals surface area contributed by atoms with Gasteiger partial charge in [-0.05, 0) is 55.2 Å². The van der Waals surface area contributed by atoms with Gasteiger partial charge in [-0.3, -0.25) is 9.79 Å². The molecule has 0 bridgehead atoms. The van der Waals surface area contributed by atoms with Gasteiger partial charge in [0.15, 0.2) is 18.1 Å². The zero-order chi connectivity index (χ0) is 28.1. The Hall–Kier alpha value is -4.33. The van der Waals surface area contributed by atoms with E-state index < -0.39 is 0 Å². The van der Waals surface area contributed by atoms with Gasteiger partial charge in [0.25, 0.3) is 5.91 Å².